The molecule has 128 valence electrons. The number of sulfonamides is 1. The topological polar surface area (TPSA) is 57.7 Å². The van der Waals surface area contributed by atoms with Gasteiger partial charge in [0.25, 0.3) is 0 Å². The first kappa shape index (κ1) is 17.9. The Labute approximate surface area is 137 Å². The van der Waals surface area contributed by atoms with E-state index in [1.807, 2.05) is 0 Å². The molecule has 1 atom stereocenters. The van der Waals surface area contributed by atoms with E-state index in [0.29, 0.717) is 13.1 Å². The summed E-state index contributed by atoms with van der Waals surface area (Å²) in [7, 11) is -1.97. The molecule has 1 fully saturated rings. The van der Waals surface area contributed by atoms with E-state index in [0.717, 1.165) is 35.4 Å². The highest BCUT2D eigenvalue weighted by molar-refractivity contribution is 7.88. The zero-order chi connectivity index (χ0) is 17.0. The van der Waals surface area contributed by atoms with Gasteiger partial charge < -0.3 is 4.90 Å². The zero-order valence-corrected chi connectivity index (χ0v) is 14.4. The largest absolute Gasteiger partial charge is 0.341 e. The summed E-state index contributed by atoms with van der Waals surface area (Å²) in [6.07, 6.45) is 3.92. The summed E-state index contributed by atoms with van der Waals surface area (Å²) in [4.78, 5) is 14.1. The Balaban J connectivity index is 2.07. The van der Waals surface area contributed by atoms with Gasteiger partial charge in [0.1, 0.15) is 5.82 Å². The number of carbonyl (C=O) groups is 1. The first-order chi connectivity index (χ1) is 10.8. The van der Waals surface area contributed by atoms with E-state index in [-0.39, 0.29) is 24.2 Å². The molecule has 0 aliphatic carbocycles. The van der Waals surface area contributed by atoms with Crippen molar-refractivity contribution in [1.82, 2.24) is 9.21 Å². The van der Waals surface area contributed by atoms with Gasteiger partial charge in [-0.05, 0) is 30.5 Å². The van der Waals surface area contributed by atoms with Gasteiger partial charge in [0.15, 0.2) is 0 Å². The monoisotopic (exact) mass is 342 g/mol. The maximum atomic E-state index is 13.1. The van der Waals surface area contributed by atoms with Crippen molar-refractivity contribution in [2.75, 3.05) is 32.9 Å². The first-order valence-electron chi connectivity index (χ1n) is 7.72. The molecule has 0 aromatic heterocycles. The molecule has 1 aliphatic rings. The molecule has 23 heavy (non-hydrogen) atoms. The Hall–Kier alpha value is -1.47. The van der Waals surface area contributed by atoms with Crippen LogP contribution in [0.3, 0.4) is 0 Å². The minimum Gasteiger partial charge on any atom is -0.341 e. The number of hydrogen-bond donors (Lipinski definition) is 0. The van der Waals surface area contributed by atoms with Crippen LogP contribution in [0.2, 0.25) is 0 Å². The fourth-order valence-electron chi connectivity index (χ4n) is 2.78. The number of likely N-dealkylation sites (N-methyl/N-ethyl adjacent to an activating group) is 1. The normalized spacial score (nSPS) is 19.7. The third-order valence-corrected chi connectivity index (χ3v) is 5.55. The minimum atomic E-state index is -3.37. The highest BCUT2D eigenvalue weighted by Gasteiger charge is 2.25. The number of hydrogen-bond acceptors (Lipinski definition) is 3. The lowest BCUT2D eigenvalue weighted by Gasteiger charge is -2.26. The molecule has 0 bridgehead atoms. The molecule has 2 rings (SSSR count). The number of rotatable bonds is 4. The van der Waals surface area contributed by atoms with E-state index >= 15 is 0 Å². The van der Waals surface area contributed by atoms with Crippen molar-refractivity contribution in [3.8, 4) is 0 Å². The number of carbonyl (C=O) groups excluding carboxylic acids is 1. The second-order valence-corrected chi connectivity index (χ2v) is 8.19. The second kappa shape index (κ2) is 7.40. The van der Waals surface area contributed by atoms with Crippen LogP contribution in [0.5, 0.6) is 0 Å². The maximum absolute atomic E-state index is 13.1. The van der Waals surface area contributed by atoms with Gasteiger partial charge in [-0.25, -0.2) is 12.8 Å². The number of benzene rings is 1. The van der Waals surface area contributed by atoms with Crippen molar-refractivity contribution in [3.63, 3.8) is 0 Å². The molecule has 1 aromatic rings. The van der Waals surface area contributed by atoms with E-state index in [1.165, 1.54) is 19.2 Å². The zero-order valence-electron chi connectivity index (χ0n) is 13.5. The molecule has 0 spiro atoms. The molecule has 0 saturated carbocycles. The average Bonchev–Trinajstić information content (AvgIpc) is 2.73. The van der Waals surface area contributed by atoms with Gasteiger partial charge in [0, 0.05) is 26.1 Å². The molecule has 1 heterocycles. The molecule has 0 unspecified atom stereocenters. The predicted octanol–water partition coefficient (Wildman–Crippen LogP) is 1.81. The number of nitrogens with zero attached hydrogens (tertiary/aromatic N) is 2. The molecule has 5 nitrogen and oxygen atoms in total. The van der Waals surface area contributed by atoms with Crippen LogP contribution in [0.4, 0.5) is 4.39 Å². The van der Waals surface area contributed by atoms with E-state index in [2.05, 4.69) is 0 Å². The highest BCUT2D eigenvalue weighted by Crippen LogP contribution is 2.26. The van der Waals surface area contributed by atoms with Crippen molar-refractivity contribution in [2.45, 2.75) is 25.2 Å². The SMILES string of the molecule is CN(CC(=O)N1CCCC[C@@H](c2ccc(F)cc2)C1)S(C)(=O)=O. The van der Waals surface area contributed by atoms with Crippen molar-refractivity contribution in [2.24, 2.45) is 0 Å². The summed E-state index contributed by atoms with van der Waals surface area (Å²) in [5.74, 6) is -0.303. The van der Waals surface area contributed by atoms with Crippen LogP contribution in [-0.4, -0.2) is 56.5 Å². The molecule has 1 aliphatic heterocycles. The Morgan fingerprint density at radius 2 is 1.96 bits per heavy atom. The summed E-state index contributed by atoms with van der Waals surface area (Å²) in [6, 6.07) is 6.39. The molecule has 7 heteroatoms. The maximum Gasteiger partial charge on any atom is 0.237 e. The summed E-state index contributed by atoms with van der Waals surface area (Å²) >= 11 is 0. The minimum absolute atomic E-state index is 0.144. The molecule has 1 saturated heterocycles. The van der Waals surface area contributed by atoms with Gasteiger partial charge in [-0.3, -0.25) is 4.79 Å². The fraction of sp³-hybridized carbons (Fsp3) is 0.562. The van der Waals surface area contributed by atoms with Crippen LogP contribution in [0.15, 0.2) is 24.3 Å². The Morgan fingerprint density at radius 1 is 1.30 bits per heavy atom. The van der Waals surface area contributed by atoms with Crippen molar-refractivity contribution in [1.29, 1.82) is 0 Å². The molecule has 1 amide bonds. The lowest BCUT2D eigenvalue weighted by Crippen LogP contribution is -2.42. The Morgan fingerprint density at radius 3 is 2.57 bits per heavy atom. The number of amides is 1. The van der Waals surface area contributed by atoms with Gasteiger partial charge in [0.2, 0.25) is 15.9 Å². The quantitative estimate of drug-likeness (QED) is 0.838. The van der Waals surface area contributed by atoms with Crippen molar-refractivity contribution in [3.05, 3.63) is 35.6 Å². The van der Waals surface area contributed by atoms with Crippen molar-refractivity contribution < 1.29 is 17.6 Å². The van der Waals surface area contributed by atoms with E-state index in [4.69, 9.17) is 0 Å². The van der Waals surface area contributed by atoms with Gasteiger partial charge in [-0.15, -0.1) is 0 Å². The predicted molar refractivity (Wildman–Crippen MR) is 87.0 cm³/mol. The third kappa shape index (κ3) is 5.00. The number of halogens is 1. The standard InChI is InChI=1S/C16H23FN2O3S/c1-18(23(2,21)22)12-16(20)19-10-4-3-5-14(11-19)13-6-8-15(17)9-7-13/h6-9,14H,3-5,10-12H2,1-2H3/t14-/m1/s1. The number of likely N-dealkylation sites (tertiary alicyclic amines) is 1. The average molecular weight is 342 g/mol. The van der Waals surface area contributed by atoms with E-state index < -0.39 is 10.0 Å². The van der Waals surface area contributed by atoms with Gasteiger partial charge in [0.05, 0.1) is 12.8 Å². The highest BCUT2D eigenvalue weighted by atomic mass is 32.2. The Kier molecular flexibility index (Phi) is 5.75. The molecular formula is C16H23FN2O3S. The lowest BCUT2D eigenvalue weighted by molar-refractivity contribution is -0.131. The van der Waals surface area contributed by atoms with Crippen LogP contribution in [0.1, 0.15) is 30.7 Å². The lowest BCUT2D eigenvalue weighted by atomic mass is 9.94. The summed E-state index contributed by atoms with van der Waals surface area (Å²) in [5, 5.41) is 0. The van der Waals surface area contributed by atoms with Crippen LogP contribution in [0, 0.1) is 5.82 Å². The van der Waals surface area contributed by atoms with Crippen LogP contribution in [-0.2, 0) is 14.8 Å². The van der Waals surface area contributed by atoms with Gasteiger partial charge in [-0.1, -0.05) is 18.6 Å². The third-order valence-electron chi connectivity index (χ3n) is 4.29. The first-order valence-corrected chi connectivity index (χ1v) is 9.57. The molecule has 1 aromatic carbocycles. The smallest absolute Gasteiger partial charge is 0.237 e. The van der Waals surface area contributed by atoms with Gasteiger partial charge >= 0.3 is 0 Å². The Bertz CT molecular complexity index is 646. The summed E-state index contributed by atoms with van der Waals surface area (Å²) in [5.41, 5.74) is 1.02. The molecule has 0 radical (unpaired) electrons. The van der Waals surface area contributed by atoms with Gasteiger partial charge in [-0.2, -0.15) is 4.31 Å². The van der Waals surface area contributed by atoms with Crippen LogP contribution >= 0.6 is 0 Å². The second-order valence-electron chi connectivity index (χ2n) is 6.10. The summed E-state index contributed by atoms with van der Waals surface area (Å²) < 4.78 is 37.0. The fourth-order valence-corrected chi connectivity index (χ4v) is 3.13. The van der Waals surface area contributed by atoms with E-state index in [1.54, 1.807) is 17.0 Å². The summed E-state index contributed by atoms with van der Waals surface area (Å²) in [6.45, 7) is 1.03. The molecule has 0 N–H and O–H groups in total. The van der Waals surface area contributed by atoms with Crippen molar-refractivity contribution >= 4 is 15.9 Å². The van der Waals surface area contributed by atoms with E-state index in [9.17, 15) is 17.6 Å². The van der Waals surface area contributed by atoms with Crippen LogP contribution < -0.4 is 0 Å². The molecular weight excluding hydrogens is 319 g/mol. The van der Waals surface area contributed by atoms with Crippen LogP contribution in [0.25, 0.3) is 0 Å².